The van der Waals surface area contributed by atoms with E-state index in [4.69, 9.17) is 11.6 Å². The number of nitrogens with zero attached hydrogens (tertiary/aromatic N) is 3. The Labute approximate surface area is 145 Å². The van der Waals surface area contributed by atoms with Crippen LogP contribution in [0.5, 0.6) is 0 Å². The van der Waals surface area contributed by atoms with Crippen LogP contribution in [0.1, 0.15) is 35.5 Å². The fourth-order valence-electron chi connectivity index (χ4n) is 3.03. The SMILES string of the molecule is Cc1nn(Cc2ccc(Cl)s2)c(C)c1S(=O)(=O)N1CCCCC1. The summed E-state index contributed by atoms with van der Waals surface area (Å²) in [5, 5.41) is 4.45. The van der Waals surface area contributed by atoms with Crippen LogP contribution in [0, 0.1) is 13.8 Å². The second kappa shape index (κ2) is 6.55. The number of rotatable bonds is 4. The number of sulfonamides is 1. The lowest BCUT2D eigenvalue weighted by molar-refractivity contribution is 0.346. The van der Waals surface area contributed by atoms with Crippen LogP contribution in [0.3, 0.4) is 0 Å². The summed E-state index contributed by atoms with van der Waals surface area (Å²) < 4.78 is 30.0. The first-order chi connectivity index (χ1) is 10.9. The summed E-state index contributed by atoms with van der Waals surface area (Å²) in [6, 6.07) is 3.79. The van der Waals surface area contributed by atoms with Crippen molar-refractivity contribution in [2.45, 2.75) is 44.6 Å². The molecule has 0 amide bonds. The van der Waals surface area contributed by atoms with E-state index in [1.54, 1.807) is 15.9 Å². The molecule has 0 saturated carbocycles. The third-order valence-corrected chi connectivity index (χ3v) is 7.53. The van der Waals surface area contributed by atoms with Gasteiger partial charge < -0.3 is 0 Å². The number of hydrogen-bond donors (Lipinski definition) is 0. The molecule has 0 N–H and O–H groups in total. The van der Waals surface area contributed by atoms with Crippen LogP contribution in [0.25, 0.3) is 0 Å². The van der Waals surface area contributed by atoms with Gasteiger partial charge in [0, 0.05) is 18.0 Å². The quantitative estimate of drug-likeness (QED) is 0.824. The summed E-state index contributed by atoms with van der Waals surface area (Å²) in [7, 11) is -3.46. The van der Waals surface area contributed by atoms with Crippen LogP contribution in [0.2, 0.25) is 4.34 Å². The number of piperidine rings is 1. The fraction of sp³-hybridized carbons (Fsp3) is 0.533. The molecule has 126 valence electrons. The molecule has 2 aromatic rings. The number of halogens is 1. The van der Waals surface area contributed by atoms with Gasteiger partial charge in [-0.25, -0.2) is 8.42 Å². The first-order valence-electron chi connectivity index (χ1n) is 7.68. The predicted octanol–water partition coefficient (Wildman–Crippen LogP) is 3.44. The lowest BCUT2D eigenvalue weighted by Crippen LogP contribution is -2.36. The van der Waals surface area contributed by atoms with Crippen LogP contribution in [0.15, 0.2) is 17.0 Å². The fourth-order valence-corrected chi connectivity index (χ4v) is 5.99. The Balaban J connectivity index is 1.94. The Morgan fingerprint density at radius 2 is 1.91 bits per heavy atom. The second-order valence-electron chi connectivity index (χ2n) is 5.83. The minimum Gasteiger partial charge on any atom is -0.263 e. The summed E-state index contributed by atoms with van der Waals surface area (Å²) in [4.78, 5) is 1.42. The van der Waals surface area contributed by atoms with Crippen molar-refractivity contribution in [1.29, 1.82) is 0 Å². The Kier molecular flexibility index (Phi) is 4.83. The molecule has 1 saturated heterocycles. The van der Waals surface area contributed by atoms with Gasteiger partial charge in [-0.1, -0.05) is 18.0 Å². The van der Waals surface area contributed by atoms with Gasteiger partial charge in [0.25, 0.3) is 0 Å². The van der Waals surface area contributed by atoms with Crippen LogP contribution < -0.4 is 0 Å². The average Bonchev–Trinajstić information content (AvgIpc) is 3.04. The third-order valence-electron chi connectivity index (χ3n) is 4.16. The van der Waals surface area contributed by atoms with E-state index in [0.717, 1.165) is 28.5 Å². The highest BCUT2D eigenvalue weighted by molar-refractivity contribution is 7.89. The predicted molar refractivity (Wildman–Crippen MR) is 92.7 cm³/mol. The van der Waals surface area contributed by atoms with Gasteiger partial charge in [0.15, 0.2) is 0 Å². The average molecular weight is 374 g/mol. The molecule has 0 bridgehead atoms. The van der Waals surface area contributed by atoms with E-state index < -0.39 is 10.0 Å². The summed E-state index contributed by atoms with van der Waals surface area (Å²) in [6.07, 6.45) is 2.96. The standard InChI is InChI=1S/C15H20ClN3O2S2/c1-11-15(23(20,21)18-8-4-3-5-9-18)12(2)19(17-11)10-13-6-7-14(16)22-13/h6-7H,3-5,8-10H2,1-2H3. The van der Waals surface area contributed by atoms with Gasteiger partial charge in [0.2, 0.25) is 10.0 Å². The summed E-state index contributed by atoms with van der Waals surface area (Å²) in [6.45, 7) is 5.34. The molecule has 0 aromatic carbocycles. The Bertz CT molecular complexity index is 805. The van der Waals surface area contributed by atoms with E-state index in [2.05, 4.69) is 5.10 Å². The zero-order chi connectivity index (χ0) is 16.6. The van der Waals surface area contributed by atoms with E-state index in [0.29, 0.717) is 35.9 Å². The molecule has 0 atom stereocenters. The summed E-state index contributed by atoms with van der Waals surface area (Å²) in [5.41, 5.74) is 1.26. The number of thiophene rings is 1. The normalized spacial score (nSPS) is 16.8. The first kappa shape index (κ1) is 17.0. The molecule has 0 aliphatic carbocycles. The molecule has 5 nitrogen and oxygen atoms in total. The van der Waals surface area contributed by atoms with Crippen molar-refractivity contribution in [1.82, 2.24) is 14.1 Å². The Morgan fingerprint density at radius 3 is 2.52 bits per heavy atom. The highest BCUT2D eigenvalue weighted by Gasteiger charge is 2.31. The molecule has 8 heteroatoms. The van der Waals surface area contributed by atoms with E-state index >= 15 is 0 Å². The topological polar surface area (TPSA) is 55.2 Å². The summed E-state index contributed by atoms with van der Waals surface area (Å²) in [5.74, 6) is 0. The molecule has 1 aliphatic rings. The first-order valence-corrected chi connectivity index (χ1v) is 10.3. The Hall–Kier alpha value is -0.890. The molecule has 1 aliphatic heterocycles. The zero-order valence-electron chi connectivity index (χ0n) is 13.2. The molecule has 23 heavy (non-hydrogen) atoms. The van der Waals surface area contributed by atoms with Gasteiger partial charge in [-0.3, -0.25) is 4.68 Å². The number of aryl methyl sites for hydroxylation is 1. The highest BCUT2D eigenvalue weighted by atomic mass is 35.5. The second-order valence-corrected chi connectivity index (χ2v) is 9.50. The van der Waals surface area contributed by atoms with Crippen molar-refractivity contribution in [2.24, 2.45) is 0 Å². The molecule has 0 radical (unpaired) electrons. The largest absolute Gasteiger partial charge is 0.263 e. The maximum Gasteiger partial charge on any atom is 0.246 e. The van der Waals surface area contributed by atoms with Crippen molar-refractivity contribution in [2.75, 3.05) is 13.1 Å². The van der Waals surface area contributed by atoms with Gasteiger partial charge in [-0.05, 0) is 38.8 Å². The number of aromatic nitrogens is 2. The van der Waals surface area contributed by atoms with Gasteiger partial charge in [0.1, 0.15) is 4.90 Å². The molecule has 0 spiro atoms. The van der Waals surface area contributed by atoms with Crippen LogP contribution in [-0.2, 0) is 16.6 Å². The molecule has 2 aromatic heterocycles. The van der Waals surface area contributed by atoms with Gasteiger partial charge in [-0.2, -0.15) is 9.40 Å². The van der Waals surface area contributed by atoms with E-state index in [1.807, 2.05) is 19.1 Å². The van der Waals surface area contributed by atoms with Gasteiger partial charge in [-0.15, -0.1) is 11.3 Å². The van der Waals surface area contributed by atoms with E-state index in [-0.39, 0.29) is 0 Å². The van der Waals surface area contributed by atoms with Crippen molar-refractivity contribution in [3.63, 3.8) is 0 Å². The van der Waals surface area contributed by atoms with E-state index in [9.17, 15) is 8.42 Å². The minimum atomic E-state index is -3.46. The monoisotopic (exact) mass is 373 g/mol. The Morgan fingerprint density at radius 1 is 1.22 bits per heavy atom. The van der Waals surface area contributed by atoms with Crippen molar-refractivity contribution < 1.29 is 8.42 Å². The van der Waals surface area contributed by atoms with Gasteiger partial charge in [0.05, 0.1) is 22.3 Å². The van der Waals surface area contributed by atoms with Crippen molar-refractivity contribution >= 4 is 33.0 Å². The maximum absolute atomic E-state index is 13.0. The van der Waals surface area contributed by atoms with Crippen LogP contribution in [0.4, 0.5) is 0 Å². The lowest BCUT2D eigenvalue weighted by Gasteiger charge is -2.25. The molecular weight excluding hydrogens is 354 g/mol. The molecule has 1 fully saturated rings. The van der Waals surface area contributed by atoms with Gasteiger partial charge >= 0.3 is 0 Å². The zero-order valence-corrected chi connectivity index (χ0v) is 15.6. The smallest absolute Gasteiger partial charge is 0.246 e. The van der Waals surface area contributed by atoms with Crippen molar-refractivity contribution in [3.8, 4) is 0 Å². The summed E-state index contributed by atoms with van der Waals surface area (Å²) >= 11 is 7.45. The van der Waals surface area contributed by atoms with Crippen LogP contribution >= 0.6 is 22.9 Å². The highest BCUT2D eigenvalue weighted by Crippen LogP contribution is 2.28. The molecule has 3 rings (SSSR count). The molecular formula is C15H20ClN3O2S2. The third kappa shape index (κ3) is 3.33. The molecule has 0 unspecified atom stereocenters. The van der Waals surface area contributed by atoms with Crippen LogP contribution in [-0.4, -0.2) is 35.6 Å². The maximum atomic E-state index is 13.0. The number of hydrogen-bond acceptors (Lipinski definition) is 4. The minimum absolute atomic E-state index is 0.363. The van der Waals surface area contributed by atoms with E-state index in [1.165, 1.54) is 11.3 Å². The molecule has 3 heterocycles. The lowest BCUT2D eigenvalue weighted by atomic mass is 10.2. The van der Waals surface area contributed by atoms with Crippen molar-refractivity contribution in [3.05, 3.63) is 32.7 Å².